The second kappa shape index (κ2) is 6.81. The zero-order chi connectivity index (χ0) is 22.8. The van der Waals surface area contributed by atoms with Crippen molar-refractivity contribution < 1.29 is 17.7 Å². The van der Waals surface area contributed by atoms with Crippen LogP contribution in [0.3, 0.4) is 0 Å². The van der Waals surface area contributed by atoms with E-state index in [4.69, 9.17) is 4.52 Å². The van der Waals surface area contributed by atoms with E-state index in [2.05, 4.69) is 15.1 Å². The molecular weight excluding hydrogens is 421 g/mol. The summed E-state index contributed by atoms with van der Waals surface area (Å²) in [5.74, 6) is 0.529. The van der Waals surface area contributed by atoms with Crippen molar-refractivity contribution in [3.8, 4) is 22.3 Å². The lowest BCUT2D eigenvalue weighted by Crippen LogP contribution is -2.13. The van der Waals surface area contributed by atoms with Crippen molar-refractivity contribution in [1.29, 1.82) is 0 Å². The summed E-state index contributed by atoms with van der Waals surface area (Å²) in [5, 5.41) is 4.30. The van der Waals surface area contributed by atoms with Gasteiger partial charge in [-0.2, -0.15) is 13.2 Å². The lowest BCUT2D eigenvalue weighted by Gasteiger charge is -2.17. The zero-order valence-electron chi connectivity index (χ0n) is 17.3. The Labute approximate surface area is 179 Å². The summed E-state index contributed by atoms with van der Waals surface area (Å²) in [6, 6.07) is 8.96. The highest BCUT2D eigenvalue weighted by atomic mass is 19.4. The molecule has 0 unspecified atom stereocenters. The normalized spacial score (nSPS) is 12.2. The van der Waals surface area contributed by atoms with Crippen molar-refractivity contribution >= 4 is 21.9 Å². The highest BCUT2D eigenvalue weighted by Crippen LogP contribution is 2.44. The fourth-order valence-electron chi connectivity index (χ4n) is 4.30. The lowest BCUT2D eigenvalue weighted by atomic mass is 9.91. The van der Waals surface area contributed by atoms with E-state index in [1.807, 2.05) is 0 Å². The first kappa shape index (κ1) is 20.0. The van der Waals surface area contributed by atoms with Crippen LogP contribution in [0.25, 0.3) is 44.2 Å². The molecule has 3 aromatic heterocycles. The van der Waals surface area contributed by atoms with Crippen LogP contribution in [-0.2, 0) is 13.2 Å². The van der Waals surface area contributed by atoms with Crippen LogP contribution < -0.4 is 5.69 Å². The summed E-state index contributed by atoms with van der Waals surface area (Å²) < 4.78 is 49.0. The summed E-state index contributed by atoms with van der Waals surface area (Å²) in [5.41, 5.74) is 2.08. The van der Waals surface area contributed by atoms with E-state index in [0.29, 0.717) is 44.5 Å². The number of aryl methyl sites for hydroxylation is 3. The second-order valence-electron chi connectivity index (χ2n) is 7.66. The average Bonchev–Trinajstić information content (AvgIpc) is 3.23. The molecule has 6 nitrogen and oxygen atoms in total. The van der Waals surface area contributed by atoms with Crippen LogP contribution in [0.15, 0.2) is 51.9 Å². The molecule has 0 atom stereocenters. The second-order valence-corrected chi connectivity index (χ2v) is 7.66. The van der Waals surface area contributed by atoms with Gasteiger partial charge in [0.1, 0.15) is 5.76 Å². The first-order chi connectivity index (χ1) is 15.2. The predicted octanol–water partition coefficient (Wildman–Crippen LogP) is 5.37. The number of halogens is 3. The summed E-state index contributed by atoms with van der Waals surface area (Å²) in [4.78, 5) is 19.4. The van der Waals surface area contributed by atoms with Crippen molar-refractivity contribution in [3.05, 3.63) is 70.1 Å². The van der Waals surface area contributed by atoms with Gasteiger partial charge in [-0.3, -0.25) is 9.55 Å². The Morgan fingerprint density at radius 3 is 2.56 bits per heavy atom. The highest BCUT2D eigenvalue weighted by Gasteiger charge is 2.35. The van der Waals surface area contributed by atoms with Gasteiger partial charge in [-0.1, -0.05) is 11.2 Å². The van der Waals surface area contributed by atoms with Gasteiger partial charge in [-0.15, -0.1) is 0 Å². The molecule has 0 aliphatic heterocycles. The fraction of sp³-hybridized carbons (Fsp3) is 0.174. The Morgan fingerprint density at radius 1 is 1.09 bits per heavy atom. The number of hydrogen-bond acceptors (Lipinski definition) is 4. The van der Waals surface area contributed by atoms with E-state index >= 15 is 0 Å². The fourth-order valence-corrected chi connectivity index (χ4v) is 4.30. The third-order valence-corrected chi connectivity index (χ3v) is 5.67. The highest BCUT2D eigenvalue weighted by molar-refractivity contribution is 6.05. The van der Waals surface area contributed by atoms with E-state index < -0.39 is 17.4 Å². The van der Waals surface area contributed by atoms with Crippen LogP contribution in [-0.4, -0.2) is 19.7 Å². The van der Waals surface area contributed by atoms with Gasteiger partial charge in [-0.05, 0) is 49.7 Å². The summed E-state index contributed by atoms with van der Waals surface area (Å²) in [7, 11) is 1.52. The number of H-pyrrole nitrogens is 1. The third kappa shape index (κ3) is 2.92. The predicted molar refractivity (Wildman–Crippen MR) is 114 cm³/mol. The number of imidazole rings is 1. The number of pyridine rings is 1. The quantitative estimate of drug-likeness (QED) is 0.402. The summed E-state index contributed by atoms with van der Waals surface area (Å²) >= 11 is 0. The molecule has 0 radical (unpaired) electrons. The summed E-state index contributed by atoms with van der Waals surface area (Å²) in [6.45, 7) is 3.49. The topological polar surface area (TPSA) is 76.7 Å². The molecule has 3 heterocycles. The van der Waals surface area contributed by atoms with Gasteiger partial charge in [0.05, 0.1) is 27.8 Å². The number of fused-ring (bicyclic) bond motifs is 2. The molecule has 0 spiro atoms. The van der Waals surface area contributed by atoms with Crippen LogP contribution in [0.2, 0.25) is 0 Å². The maximum atomic E-state index is 14.1. The van der Waals surface area contributed by atoms with Gasteiger partial charge in [0.25, 0.3) is 0 Å². The molecule has 9 heteroatoms. The number of alkyl halides is 3. The molecular formula is C23H17F3N4O2. The monoisotopic (exact) mass is 438 g/mol. The van der Waals surface area contributed by atoms with Crippen molar-refractivity contribution in [2.75, 3.05) is 0 Å². The number of nitrogens with zero attached hydrogens (tertiary/aromatic N) is 3. The Bertz CT molecular complexity index is 1560. The smallest absolute Gasteiger partial charge is 0.361 e. The SMILES string of the molecule is Cc1noc(C)c1-c1cc(-c2c(C(F)(F)F)ccc3ncccc23)c2c(c1)[nH]c(=O)n2C. The van der Waals surface area contributed by atoms with Crippen LogP contribution >= 0.6 is 0 Å². The standard InChI is InChI=1S/C23H17F3N4O2/c1-11-19(12(2)32-29-11)13-9-15(21-18(10-13)28-22(31)30(21)3)20-14-5-4-8-27-17(14)7-6-16(20)23(24,25)26/h4-10H,1-3H3,(H,28,31). The van der Waals surface area contributed by atoms with Crippen LogP contribution in [0.1, 0.15) is 17.0 Å². The number of rotatable bonds is 2. The van der Waals surface area contributed by atoms with E-state index in [1.54, 1.807) is 38.1 Å². The third-order valence-electron chi connectivity index (χ3n) is 5.67. The molecule has 0 bridgehead atoms. The molecule has 5 aromatic rings. The van der Waals surface area contributed by atoms with Crippen molar-refractivity contribution in [2.45, 2.75) is 20.0 Å². The number of nitrogens with one attached hydrogen (secondary N) is 1. The van der Waals surface area contributed by atoms with Crippen molar-refractivity contribution in [2.24, 2.45) is 7.05 Å². The molecule has 0 saturated heterocycles. The zero-order valence-corrected chi connectivity index (χ0v) is 17.3. The summed E-state index contributed by atoms with van der Waals surface area (Å²) in [6.07, 6.45) is -3.08. The Kier molecular flexibility index (Phi) is 4.27. The van der Waals surface area contributed by atoms with Gasteiger partial charge in [-0.25, -0.2) is 4.79 Å². The van der Waals surface area contributed by atoms with Gasteiger partial charge in [0, 0.05) is 35.3 Å². The van der Waals surface area contributed by atoms with E-state index in [0.717, 1.165) is 6.07 Å². The Balaban J connectivity index is 2.00. The molecule has 0 saturated carbocycles. The Hall–Kier alpha value is -3.88. The van der Waals surface area contributed by atoms with Crippen molar-refractivity contribution in [3.63, 3.8) is 0 Å². The molecule has 5 rings (SSSR count). The Morgan fingerprint density at radius 2 is 1.88 bits per heavy atom. The van der Waals surface area contributed by atoms with Crippen LogP contribution in [0, 0.1) is 13.8 Å². The minimum atomic E-state index is -4.61. The minimum Gasteiger partial charge on any atom is -0.361 e. The van der Waals surface area contributed by atoms with Crippen molar-refractivity contribution in [1.82, 2.24) is 19.7 Å². The van der Waals surface area contributed by atoms with Crippen LogP contribution in [0.4, 0.5) is 13.2 Å². The molecule has 0 fully saturated rings. The first-order valence-corrected chi connectivity index (χ1v) is 9.78. The molecule has 162 valence electrons. The molecule has 0 aliphatic carbocycles. The average molecular weight is 438 g/mol. The maximum Gasteiger partial charge on any atom is 0.417 e. The lowest BCUT2D eigenvalue weighted by molar-refractivity contribution is -0.137. The van der Waals surface area contributed by atoms with E-state index in [1.165, 1.54) is 23.9 Å². The number of hydrogen-bond donors (Lipinski definition) is 1. The van der Waals surface area contributed by atoms with Crippen LogP contribution in [0.5, 0.6) is 0 Å². The van der Waals surface area contributed by atoms with Gasteiger partial charge in [0.2, 0.25) is 0 Å². The molecule has 1 N–H and O–H groups in total. The number of aromatic amines is 1. The van der Waals surface area contributed by atoms with Gasteiger partial charge < -0.3 is 9.51 Å². The van der Waals surface area contributed by atoms with Gasteiger partial charge in [0.15, 0.2) is 0 Å². The first-order valence-electron chi connectivity index (χ1n) is 9.78. The molecule has 32 heavy (non-hydrogen) atoms. The number of aromatic nitrogens is 4. The molecule has 0 aliphatic rings. The molecule has 0 amide bonds. The largest absolute Gasteiger partial charge is 0.417 e. The van der Waals surface area contributed by atoms with E-state index in [-0.39, 0.29) is 11.1 Å². The maximum absolute atomic E-state index is 14.1. The number of benzene rings is 2. The van der Waals surface area contributed by atoms with E-state index in [9.17, 15) is 18.0 Å². The molecule has 2 aromatic carbocycles. The van der Waals surface area contributed by atoms with Gasteiger partial charge >= 0.3 is 11.9 Å². The minimum absolute atomic E-state index is 0.0312.